The summed E-state index contributed by atoms with van der Waals surface area (Å²) in [5, 5.41) is 18.7. The van der Waals surface area contributed by atoms with Crippen LogP contribution in [-0.4, -0.2) is 10.4 Å². The van der Waals surface area contributed by atoms with Gasteiger partial charge in [0, 0.05) is 5.70 Å². The summed E-state index contributed by atoms with van der Waals surface area (Å²) in [6, 6.07) is 0. The van der Waals surface area contributed by atoms with Crippen LogP contribution in [0.2, 0.25) is 0 Å². The minimum absolute atomic E-state index is 0.152. The summed E-state index contributed by atoms with van der Waals surface area (Å²) in [7, 11) is 0. The second-order valence-corrected chi connectivity index (χ2v) is 9.27. The highest BCUT2D eigenvalue weighted by molar-refractivity contribution is 5.38. The smallest absolute Gasteiger partial charge is 0.0564 e. The first-order valence-corrected chi connectivity index (χ1v) is 9.85. The van der Waals surface area contributed by atoms with E-state index in [4.69, 9.17) is 0 Å². The summed E-state index contributed by atoms with van der Waals surface area (Å²) in [6.45, 7) is 8.91. The van der Waals surface area contributed by atoms with Crippen molar-refractivity contribution in [3.63, 3.8) is 0 Å². The maximum absolute atomic E-state index is 9.35. The van der Waals surface area contributed by atoms with Crippen molar-refractivity contribution in [2.24, 2.45) is 34.5 Å². The predicted octanol–water partition coefficient (Wildman–Crippen LogP) is 4.53. The molecule has 0 heterocycles. The van der Waals surface area contributed by atoms with Crippen molar-refractivity contribution in [3.8, 4) is 0 Å². The van der Waals surface area contributed by atoms with E-state index < -0.39 is 0 Å². The summed E-state index contributed by atoms with van der Waals surface area (Å²) < 4.78 is 0. The van der Waals surface area contributed by atoms with Crippen LogP contribution < -0.4 is 11.0 Å². The van der Waals surface area contributed by atoms with Crippen molar-refractivity contribution >= 4 is 0 Å². The third-order valence-corrected chi connectivity index (χ3v) is 8.46. The summed E-state index contributed by atoms with van der Waals surface area (Å²) in [6.07, 6.45) is 12.8. The second-order valence-electron chi connectivity index (χ2n) is 9.27. The van der Waals surface area contributed by atoms with E-state index >= 15 is 0 Å². The molecular weight excluding hydrogens is 312 g/mol. The Labute approximate surface area is 151 Å². The summed E-state index contributed by atoms with van der Waals surface area (Å²) in [5.41, 5.74) is 8.15. The van der Waals surface area contributed by atoms with Crippen molar-refractivity contribution in [1.29, 1.82) is 0 Å². The lowest BCUT2D eigenvalue weighted by Gasteiger charge is -2.59. The summed E-state index contributed by atoms with van der Waals surface area (Å²) >= 11 is 0. The van der Waals surface area contributed by atoms with Crippen LogP contribution in [0.25, 0.3) is 0 Å². The second kappa shape index (κ2) is 5.88. The molecule has 0 aromatic heterocycles. The molecule has 138 valence electrons. The molecule has 0 bridgehead atoms. The van der Waals surface area contributed by atoms with Crippen LogP contribution in [0, 0.1) is 34.5 Å². The minimum Gasteiger partial charge on any atom is -0.291 e. The lowest BCUT2D eigenvalue weighted by Crippen LogP contribution is -2.52. The molecular formula is C21H32N2O2. The van der Waals surface area contributed by atoms with Gasteiger partial charge in [0.05, 0.1) is 5.70 Å². The quantitative estimate of drug-likeness (QED) is 0.568. The van der Waals surface area contributed by atoms with Crippen LogP contribution in [-0.2, 0) is 0 Å². The molecule has 4 rings (SSSR count). The Morgan fingerprint density at radius 3 is 2.68 bits per heavy atom. The van der Waals surface area contributed by atoms with Crippen molar-refractivity contribution in [2.45, 2.75) is 58.8 Å². The van der Waals surface area contributed by atoms with Gasteiger partial charge in [0.15, 0.2) is 0 Å². The molecule has 25 heavy (non-hydrogen) atoms. The highest BCUT2D eigenvalue weighted by Gasteiger charge is 2.58. The average Bonchev–Trinajstić information content (AvgIpc) is 2.97. The fourth-order valence-corrected chi connectivity index (χ4v) is 7.05. The highest BCUT2D eigenvalue weighted by atomic mass is 16.5. The molecule has 0 unspecified atom stereocenters. The maximum Gasteiger partial charge on any atom is 0.0564 e. The Bertz CT molecular complexity index is 640. The summed E-state index contributed by atoms with van der Waals surface area (Å²) in [5.74, 6) is 2.79. The van der Waals surface area contributed by atoms with Crippen molar-refractivity contribution in [1.82, 2.24) is 11.0 Å². The standard InChI is InChI=1S/C21H32N2O2/c1-13(22-24)17-6-7-18-16-5-4-14-12-15(23-25)8-10-20(14,2)19(16)9-11-21(17,18)3/h6,12,14,16,18-19,22-25H,1,4-5,7-11H2,2-3H3/t14-,16+,18+,19-,20-,21+/m0/s1. The van der Waals surface area contributed by atoms with Gasteiger partial charge in [0.1, 0.15) is 0 Å². The van der Waals surface area contributed by atoms with E-state index in [2.05, 4.69) is 43.5 Å². The fraction of sp³-hybridized carbons (Fsp3) is 0.714. The van der Waals surface area contributed by atoms with Crippen molar-refractivity contribution in [2.75, 3.05) is 0 Å². The van der Waals surface area contributed by atoms with E-state index in [-0.39, 0.29) is 5.41 Å². The van der Waals surface area contributed by atoms with E-state index in [0.29, 0.717) is 22.9 Å². The van der Waals surface area contributed by atoms with Crippen LogP contribution in [0.3, 0.4) is 0 Å². The SMILES string of the molecule is C=C(NO)C1=CC[C@@H]2[C@H]3CC[C@H]4C=C(NO)CC[C@]4(C)[C@H]3CC[C@]12C. The average molecular weight is 344 g/mol. The predicted molar refractivity (Wildman–Crippen MR) is 97.6 cm³/mol. The Hall–Kier alpha value is -1.26. The Morgan fingerprint density at radius 1 is 1.16 bits per heavy atom. The first kappa shape index (κ1) is 17.2. The lowest BCUT2D eigenvalue weighted by molar-refractivity contribution is -0.0779. The van der Waals surface area contributed by atoms with Gasteiger partial charge in [-0.1, -0.05) is 32.6 Å². The third-order valence-electron chi connectivity index (χ3n) is 8.46. The van der Waals surface area contributed by atoms with Gasteiger partial charge < -0.3 is 0 Å². The van der Waals surface area contributed by atoms with Crippen molar-refractivity contribution in [3.05, 3.63) is 35.7 Å². The van der Waals surface area contributed by atoms with Crippen molar-refractivity contribution < 1.29 is 10.4 Å². The number of rotatable bonds is 3. The summed E-state index contributed by atoms with van der Waals surface area (Å²) in [4.78, 5) is 0. The van der Waals surface area contributed by atoms with Gasteiger partial charge in [-0.05, 0) is 85.0 Å². The van der Waals surface area contributed by atoms with Crippen LogP contribution in [0.1, 0.15) is 58.8 Å². The zero-order valence-corrected chi connectivity index (χ0v) is 15.5. The zero-order chi connectivity index (χ0) is 17.8. The molecule has 6 atom stereocenters. The van der Waals surface area contributed by atoms with E-state index in [1.54, 1.807) is 0 Å². The minimum atomic E-state index is 0.152. The van der Waals surface area contributed by atoms with E-state index in [0.717, 1.165) is 30.4 Å². The lowest BCUT2D eigenvalue weighted by atomic mass is 9.45. The van der Waals surface area contributed by atoms with Gasteiger partial charge >= 0.3 is 0 Å². The number of hydroxylamine groups is 2. The van der Waals surface area contributed by atoms with E-state index in [9.17, 15) is 10.4 Å². The number of hydrogen-bond acceptors (Lipinski definition) is 4. The highest BCUT2D eigenvalue weighted by Crippen LogP contribution is 2.66. The first-order valence-electron chi connectivity index (χ1n) is 9.85. The molecule has 2 fully saturated rings. The van der Waals surface area contributed by atoms with Gasteiger partial charge in [-0.25, -0.2) is 0 Å². The number of nitrogens with one attached hydrogen (secondary N) is 2. The van der Waals surface area contributed by atoms with E-state index in [1.165, 1.54) is 37.7 Å². The van der Waals surface area contributed by atoms with E-state index in [1.807, 2.05) is 0 Å². The Morgan fingerprint density at radius 2 is 1.96 bits per heavy atom. The van der Waals surface area contributed by atoms with Crippen LogP contribution in [0.4, 0.5) is 0 Å². The van der Waals surface area contributed by atoms with Gasteiger partial charge in [-0.15, -0.1) is 0 Å². The molecule has 0 spiro atoms. The Balaban J connectivity index is 1.61. The number of allylic oxidation sites excluding steroid dienone is 4. The monoisotopic (exact) mass is 344 g/mol. The first-order chi connectivity index (χ1) is 11.9. The molecule has 4 aliphatic carbocycles. The fourth-order valence-electron chi connectivity index (χ4n) is 7.05. The molecule has 4 nitrogen and oxygen atoms in total. The molecule has 4 heteroatoms. The maximum atomic E-state index is 9.35. The topological polar surface area (TPSA) is 64.5 Å². The molecule has 0 saturated heterocycles. The molecule has 4 aliphatic rings. The van der Waals surface area contributed by atoms with Gasteiger partial charge in [-0.2, -0.15) is 0 Å². The largest absolute Gasteiger partial charge is 0.291 e. The van der Waals surface area contributed by atoms with Crippen LogP contribution in [0.5, 0.6) is 0 Å². The number of hydrogen-bond donors (Lipinski definition) is 4. The molecule has 0 aliphatic heterocycles. The van der Waals surface area contributed by atoms with Gasteiger partial charge in [0.2, 0.25) is 0 Å². The van der Waals surface area contributed by atoms with Crippen LogP contribution >= 0.6 is 0 Å². The molecule has 0 aromatic carbocycles. The molecule has 2 saturated carbocycles. The Kier molecular flexibility index (Phi) is 4.04. The normalized spacial score (nSPS) is 45.4. The third kappa shape index (κ3) is 2.33. The molecule has 4 N–H and O–H groups in total. The van der Waals surface area contributed by atoms with Crippen LogP contribution in [0.15, 0.2) is 35.7 Å². The zero-order valence-electron chi connectivity index (χ0n) is 15.5. The van der Waals surface area contributed by atoms with Gasteiger partial charge in [0.25, 0.3) is 0 Å². The molecule has 0 radical (unpaired) electrons. The molecule has 0 aromatic rings. The number of fused-ring (bicyclic) bond motifs is 5. The molecule has 0 amide bonds. The van der Waals surface area contributed by atoms with Gasteiger partial charge in [-0.3, -0.25) is 21.4 Å².